The molecule has 0 radical (unpaired) electrons. The molecule has 0 unspecified atom stereocenters. The topological polar surface area (TPSA) is 96.2 Å². The van der Waals surface area contributed by atoms with Gasteiger partial charge >= 0.3 is 6.18 Å². The van der Waals surface area contributed by atoms with Crippen molar-refractivity contribution in [3.63, 3.8) is 0 Å². The summed E-state index contributed by atoms with van der Waals surface area (Å²) in [5.41, 5.74) is 3.72. The fourth-order valence-electron chi connectivity index (χ4n) is 5.06. The maximum absolute atomic E-state index is 13.5. The fraction of sp³-hybridized carbons (Fsp3) is 0.344. The largest absolute Gasteiger partial charge is 0.416 e. The molecule has 2 amide bonds. The van der Waals surface area contributed by atoms with E-state index in [-0.39, 0.29) is 23.8 Å². The maximum atomic E-state index is 13.5. The van der Waals surface area contributed by atoms with Crippen LogP contribution in [0.5, 0.6) is 0 Å². The third kappa shape index (κ3) is 7.31. The van der Waals surface area contributed by atoms with Crippen LogP contribution in [0.2, 0.25) is 0 Å². The van der Waals surface area contributed by atoms with E-state index >= 15 is 0 Å². The molecule has 1 saturated heterocycles. The number of pyridine rings is 1. The van der Waals surface area contributed by atoms with Gasteiger partial charge in [-0.1, -0.05) is 49.4 Å². The molecule has 0 aliphatic carbocycles. The van der Waals surface area contributed by atoms with Crippen molar-refractivity contribution >= 4 is 17.5 Å². The normalized spacial score (nSPS) is 14.2. The number of hydrogen-bond acceptors (Lipinski definition) is 6. The summed E-state index contributed by atoms with van der Waals surface area (Å²) in [6.07, 6.45) is -2.96. The molecule has 1 aliphatic rings. The molecule has 0 saturated carbocycles. The predicted octanol–water partition coefficient (Wildman–Crippen LogP) is 5.38. The number of amides is 2. The number of aromatic nitrogens is 4. The molecule has 2 aromatic heterocycles. The highest BCUT2D eigenvalue weighted by molar-refractivity contribution is 6.02. The second kappa shape index (κ2) is 13.0. The van der Waals surface area contributed by atoms with E-state index in [1.807, 2.05) is 4.90 Å². The Hall–Kier alpha value is -4.58. The Bertz CT molecular complexity index is 1590. The second-order valence-corrected chi connectivity index (χ2v) is 11.2. The summed E-state index contributed by atoms with van der Waals surface area (Å²) in [6.45, 7) is 9.89. The van der Waals surface area contributed by atoms with E-state index in [4.69, 9.17) is 0 Å². The van der Waals surface area contributed by atoms with Crippen molar-refractivity contribution in [3.05, 3.63) is 106 Å². The van der Waals surface area contributed by atoms with Crippen LogP contribution in [0.1, 0.15) is 68.7 Å². The van der Waals surface area contributed by atoms with Gasteiger partial charge in [0, 0.05) is 44.6 Å². The van der Waals surface area contributed by atoms with Gasteiger partial charge in [0.25, 0.3) is 11.8 Å². The number of piperazine rings is 1. The molecule has 0 bridgehead atoms. The number of anilines is 1. The summed E-state index contributed by atoms with van der Waals surface area (Å²) < 4.78 is 39.9. The van der Waals surface area contributed by atoms with Crippen molar-refractivity contribution in [1.82, 2.24) is 29.8 Å². The van der Waals surface area contributed by atoms with Gasteiger partial charge in [0.05, 0.1) is 17.8 Å². The minimum Gasteiger partial charge on any atom is -0.335 e. The molecule has 3 heterocycles. The van der Waals surface area contributed by atoms with Crippen molar-refractivity contribution in [3.8, 4) is 0 Å². The summed E-state index contributed by atoms with van der Waals surface area (Å²) in [6, 6.07) is 16.1. The van der Waals surface area contributed by atoms with Crippen LogP contribution in [0.25, 0.3) is 0 Å². The number of nitrogens with zero attached hydrogens (tertiary/aromatic N) is 6. The van der Waals surface area contributed by atoms with Gasteiger partial charge in [0.2, 0.25) is 0 Å². The van der Waals surface area contributed by atoms with Crippen LogP contribution in [0, 0.1) is 6.92 Å². The van der Waals surface area contributed by atoms with Gasteiger partial charge in [-0.25, -0.2) is 4.68 Å². The average molecular weight is 606 g/mol. The third-order valence-electron chi connectivity index (χ3n) is 7.68. The first kappa shape index (κ1) is 30.9. The molecule has 4 aromatic rings. The zero-order valence-corrected chi connectivity index (χ0v) is 24.8. The zero-order valence-electron chi connectivity index (χ0n) is 24.8. The number of carbonyl (C=O) groups is 2. The Morgan fingerprint density at radius 1 is 0.886 bits per heavy atom. The van der Waals surface area contributed by atoms with Gasteiger partial charge in [-0.2, -0.15) is 13.2 Å². The molecule has 1 N–H and O–H groups in total. The number of halogens is 3. The number of carbonyl (C=O) groups excluding carboxylic acids is 2. The molecule has 0 atom stereocenters. The molecule has 5 rings (SSSR count). The number of hydrogen-bond donors (Lipinski definition) is 1. The van der Waals surface area contributed by atoms with Crippen molar-refractivity contribution < 1.29 is 22.8 Å². The Morgan fingerprint density at radius 2 is 1.55 bits per heavy atom. The lowest BCUT2D eigenvalue weighted by atomic mass is 10.0. The van der Waals surface area contributed by atoms with E-state index in [0.29, 0.717) is 36.0 Å². The summed E-state index contributed by atoms with van der Waals surface area (Å²) in [7, 11) is 0. The lowest BCUT2D eigenvalue weighted by molar-refractivity contribution is -0.137. The third-order valence-corrected chi connectivity index (χ3v) is 7.68. The van der Waals surface area contributed by atoms with Crippen molar-refractivity contribution in [2.24, 2.45) is 0 Å². The van der Waals surface area contributed by atoms with E-state index < -0.39 is 17.6 Å². The lowest BCUT2D eigenvalue weighted by Gasteiger charge is -2.34. The highest BCUT2D eigenvalue weighted by atomic mass is 19.4. The molecular weight excluding hydrogens is 571 g/mol. The molecule has 1 aliphatic heterocycles. The lowest BCUT2D eigenvalue weighted by Crippen LogP contribution is -2.48. The first-order chi connectivity index (χ1) is 21.0. The molecular formula is C32H34F3N7O2. The van der Waals surface area contributed by atoms with E-state index in [1.54, 1.807) is 17.7 Å². The van der Waals surface area contributed by atoms with Crippen molar-refractivity contribution in [2.75, 3.05) is 31.5 Å². The summed E-state index contributed by atoms with van der Waals surface area (Å²) in [4.78, 5) is 34.5. The zero-order chi connectivity index (χ0) is 31.4. The molecule has 44 heavy (non-hydrogen) atoms. The van der Waals surface area contributed by atoms with E-state index in [1.165, 1.54) is 35.5 Å². The predicted molar refractivity (Wildman–Crippen MR) is 159 cm³/mol. The first-order valence-electron chi connectivity index (χ1n) is 14.4. The van der Waals surface area contributed by atoms with Crippen LogP contribution in [0.15, 0.2) is 66.9 Å². The first-order valence-corrected chi connectivity index (χ1v) is 14.4. The Labute approximate surface area is 253 Å². The Morgan fingerprint density at radius 3 is 2.14 bits per heavy atom. The average Bonchev–Trinajstić information content (AvgIpc) is 3.37. The number of nitrogens with one attached hydrogen (secondary N) is 1. The molecule has 12 heteroatoms. The molecule has 1 fully saturated rings. The number of benzene rings is 2. The van der Waals surface area contributed by atoms with Gasteiger partial charge in [0.1, 0.15) is 11.4 Å². The van der Waals surface area contributed by atoms with Crippen LogP contribution in [-0.4, -0.2) is 67.8 Å². The van der Waals surface area contributed by atoms with Gasteiger partial charge < -0.3 is 10.2 Å². The second-order valence-electron chi connectivity index (χ2n) is 11.2. The smallest absolute Gasteiger partial charge is 0.335 e. The Balaban J connectivity index is 1.17. The number of rotatable bonds is 8. The maximum Gasteiger partial charge on any atom is 0.416 e. The van der Waals surface area contributed by atoms with E-state index in [2.05, 4.69) is 63.6 Å². The van der Waals surface area contributed by atoms with Gasteiger partial charge in [-0.15, -0.1) is 5.10 Å². The van der Waals surface area contributed by atoms with Crippen molar-refractivity contribution in [2.45, 2.75) is 46.0 Å². The molecule has 230 valence electrons. The highest BCUT2D eigenvalue weighted by Crippen LogP contribution is 2.30. The number of aryl methyl sites for hydroxylation is 1. The summed E-state index contributed by atoms with van der Waals surface area (Å²) in [5, 5.41) is 10.9. The van der Waals surface area contributed by atoms with Crippen LogP contribution in [-0.2, 0) is 19.3 Å². The van der Waals surface area contributed by atoms with E-state index in [9.17, 15) is 22.8 Å². The van der Waals surface area contributed by atoms with Crippen LogP contribution < -0.4 is 5.32 Å². The van der Waals surface area contributed by atoms with Gasteiger partial charge in [0.15, 0.2) is 0 Å². The number of alkyl halides is 3. The quantitative estimate of drug-likeness (QED) is 0.290. The van der Waals surface area contributed by atoms with Crippen LogP contribution in [0.3, 0.4) is 0 Å². The monoisotopic (exact) mass is 605 g/mol. The molecule has 9 nitrogen and oxygen atoms in total. The minimum atomic E-state index is -4.46. The minimum absolute atomic E-state index is 0.0912. The standard InChI is InChI=1S/C32H34F3N7O2/c1-21(2)25-7-4-23(5-8-25)19-40-14-16-41(17-15-40)31(44)29-22(3)38-39-42(29)20-24-6-13-28(36-18-24)30(43)37-27-11-9-26(10-12-27)32(33,34)35/h4-13,18,21H,14-17,19-20H2,1-3H3,(H,37,43). The van der Waals surface area contributed by atoms with Gasteiger partial charge in [-0.05, 0) is 59.9 Å². The van der Waals surface area contributed by atoms with E-state index in [0.717, 1.165) is 31.8 Å². The van der Waals surface area contributed by atoms with Crippen LogP contribution in [0.4, 0.5) is 18.9 Å². The highest BCUT2D eigenvalue weighted by Gasteiger charge is 2.30. The fourth-order valence-corrected chi connectivity index (χ4v) is 5.06. The molecule has 0 spiro atoms. The van der Waals surface area contributed by atoms with Crippen LogP contribution >= 0.6 is 0 Å². The summed E-state index contributed by atoms with van der Waals surface area (Å²) in [5.74, 6) is -0.194. The molecule has 2 aromatic carbocycles. The Kier molecular flexibility index (Phi) is 9.09. The SMILES string of the molecule is Cc1nnn(Cc2ccc(C(=O)Nc3ccc(C(F)(F)F)cc3)nc2)c1C(=O)N1CCN(Cc2ccc(C(C)C)cc2)CC1. The summed E-state index contributed by atoms with van der Waals surface area (Å²) >= 11 is 0. The van der Waals surface area contributed by atoms with Crippen molar-refractivity contribution in [1.29, 1.82) is 0 Å². The van der Waals surface area contributed by atoms with Gasteiger partial charge in [-0.3, -0.25) is 19.5 Å².